The minimum absolute atomic E-state index is 0.0289. The van der Waals surface area contributed by atoms with Crippen molar-refractivity contribution in [3.05, 3.63) is 47.3 Å². The van der Waals surface area contributed by atoms with E-state index in [0.717, 1.165) is 17.7 Å². The van der Waals surface area contributed by atoms with Crippen LogP contribution in [-0.2, 0) is 6.42 Å². The Kier molecular flexibility index (Phi) is 4.78. The molecule has 4 nitrogen and oxygen atoms in total. The zero-order valence-electron chi connectivity index (χ0n) is 13.1. The van der Waals surface area contributed by atoms with Gasteiger partial charge in [0.1, 0.15) is 5.75 Å². The fraction of sp³-hybridized carbons (Fsp3) is 0.412. The number of ether oxygens (including phenoxy) is 1. The first-order chi connectivity index (χ1) is 10.0. The summed E-state index contributed by atoms with van der Waals surface area (Å²) in [5.41, 5.74) is 2.48. The number of hydrogen-bond donors (Lipinski definition) is 0. The molecule has 0 saturated heterocycles. The summed E-state index contributed by atoms with van der Waals surface area (Å²) in [5, 5.41) is 4.47. The molecule has 112 valence electrons. The summed E-state index contributed by atoms with van der Waals surface area (Å²) in [6.45, 7) is 6.21. The van der Waals surface area contributed by atoms with Gasteiger partial charge in [0, 0.05) is 12.2 Å². The van der Waals surface area contributed by atoms with E-state index in [1.54, 1.807) is 7.11 Å². The van der Waals surface area contributed by atoms with Gasteiger partial charge in [0.2, 0.25) is 0 Å². The molecule has 0 N–H and O–H groups in total. The average molecular weight is 286 g/mol. The monoisotopic (exact) mass is 286 g/mol. The normalized spacial score (nSPS) is 12.2. The van der Waals surface area contributed by atoms with E-state index < -0.39 is 0 Å². The maximum Gasteiger partial charge on any atom is 0.172 e. The third kappa shape index (κ3) is 3.51. The maximum atomic E-state index is 12.4. The van der Waals surface area contributed by atoms with Gasteiger partial charge in [-0.2, -0.15) is 5.10 Å². The SMILES string of the molecule is CCC(C)n1ccc(CC(=O)c2ccc(C)cc2OC)n1. The first-order valence-corrected chi connectivity index (χ1v) is 7.27. The molecule has 0 aliphatic rings. The van der Waals surface area contributed by atoms with Crippen LogP contribution in [0.5, 0.6) is 5.75 Å². The lowest BCUT2D eigenvalue weighted by atomic mass is 10.0. The predicted molar refractivity (Wildman–Crippen MR) is 83.0 cm³/mol. The number of aromatic nitrogens is 2. The van der Waals surface area contributed by atoms with Crippen molar-refractivity contribution in [2.75, 3.05) is 7.11 Å². The van der Waals surface area contributed by atoms with Gasteiger partial charge in [-0.25, -0.2) is 0 Å². The van der Waals surface area contributed by atoms with Crippen molar-refractivity contribution in [1.29, 1.82) is 0 Å². The van der Waals surface area contributed by atoms with Crippen LogP contribution in [0.2, 0.25) is 0 Å². The van der Waals surface area contributed by atoms with E-state index in [-0.39, 0.29) is 5.78 Å². The predicted octanol–water partition coefficient (Wildman–Crippen LogP) is 3.60. The summed E-state index contributed by atoms with van der Waals surface area (Å²) < 4.78 is 7.21. The molecule has 0 spiro atoms. The second-order valence-electron chi connectivity index (χ2n) is 5.35. The number of nitrogens with zero attached hydrogens (tertiary/aromatic N) is 2. The lowest BCUT2D eigenvalue weighted by Crippen LogP contribution is -2.09. The lowest BCUT2D eigenvalue weighted by molar-refractivity contribution is 0.0988. The Bertz CT molecular complexity index is 631. The van der Waals surface area contributed by atoms with E-state index in [2.05, 4.69) is 18.9 Å². The van der Waals surface area contributed by atoms with E-state index in [4.69, 9.17) is 4.74 Å². The van der Waals surface area contributed by atoms with E-state index in [9.17, 15) is 4.79 Å². The van der Waals surface area contributed by atoms with Crippen molar-refractivity contribution < 1.29 is 9.53 Å². The van der Waals surface area contributed by atoms with Crippen LogP contribution >= 0.6 is 0 Å². The van der Waals surface area contributed by atoms with Gasteiger partial charge >= 0.3 is 0 Å². The molecule has 0 aliphatic heterocycles. The molecule has 4 heteroatoms. The van der Waals surface area contributed by atoms with E-state index in [1.165, 1.54) is 0 Å². The summed E-state index contributed by atoms with van der Waals surface area (Å²) in [6.07, 6.45) is 3.24. The number of Topliss-reactive ketones (excluding diaryl/α,β-unsaturated/α-hetero) is 1. The van der Waals surface area contributed by atoms with Gasteiger partial charge in [0.15, 0.2) is 5.78 Å². The van der Waals surface area contributed by atoms with Gasteiger partial charge in [-0.1, -0.05) is 13.0 Å². The molecule has 0 fully saturated rings. The molecule has 21 heavy (non-hydrogen) atoms. The molecule has 1 heterocycles. The minimum atomic E-state index is 0.0289. The van der Waals surface area contributed by atoms with Crippen molar-refractivity contribution in [2.45, 2.75) is 39.7 Å². The molecule has 0 radical (unpaired) electrons. The van der Waals surface area contributed by atoms with Crippen LogP contribution in [0, 0.1) is 6.92 Å². The number of carbonyl (C=O) groups is 1. The number of aryl methyl sites for hydroxylation is 1. The summed E-state index contributed by atoms with van der Waals surface area (Å²) in [6, 6.07) is 7.88. The quantitative estimate of drug-likeness (QED) is 0.762. The zero-order valence-corrected chi connectivity index (χ0v) is 13.1. The van der Waals surface area contributed by atoms with Crippen molar-refractivity contribution in [3.8, 4) is 5.75 Å². The maximum absolute atomic E-state index is 12.4. The van der Waals surface area contributed by atoms with E-state index in [0.29, 0.717) is 23.8 Å². The van der Waals surface area contributed by atoms with Crippen LogP contribution in [0.15, 0.2) is 30.5 Å². The second kappa shape index (κ2) is 6.57. The van der Waals surface area contributed by atoms with Crippen LogP contribution in [-0.4, -0.2) is 22.7 Å². The average Bonchev–Trinajstić information content (AvgIpc) is 2.94. The van der Waals surface area contributed by atoms with E-state index >= 15 is 0 Å². The first-order valence-electron chi connectivity index (χ1n) is 7.27. The molecule has 1 aromatic carbocycles. The molecule has 0 saturated carbocycles. The second-order valence-corrected chi connectivity index (χ2v) is 5.35. The molecule has 0 bridgehead atoms. The van der Waals surface area contributed by atoms with E-state index in [1.807, 2.05) is 42.1 Å². The number of hydrogen-bond acceptors (Lipinski definition) is 3. The number of rotatable bonds is 6. The number of benzene rings is 1. The molecule has 2 rings (SSSR count). The fourth-order valence-corrected chi connectivity index (χ4v) is 2.19. The first kappa shape index (κ1) is 15.3. The molecular weight excluding hydrogens is 264 g/mol. The van der Waals surface area contributed by atoms with Crippen molar-refractivity contribution >= 4 is 5.78 Å². The third-order valence-corrected chi connectivity index (χ3v) is 3.71. The highest BCUT2D eigenvalue weighted by Crippen LogP contribution is 2.21. The molecule has 2 aromatic rings. The highest BCUT2D eigenvalue weighted by molar-refractivity contribution is 5.99. The van der Waals surface area contributed by atoms with Gasteiger partial charge in [0.05, 0.1) is 24.8 Å². The highest BCUT2D eigenvalue weighted by Gasteiger charge is 2.15. The van der Waals surface area contributed by atoms with Gasteiger partial charge in [-0.15, -0.1) is 0 Å². The Labute approximate surface area is 125 Å². The fourth-order valence-electron chi connectivity index (χ4n) is 2.19. The largest absolute Gasteiger partial charge is 0.496 e. The summed E-state index contributed by atoms with van der Waals surface area (Å²) in [4.78, 5) is 12.4. The Morgan fingerprint density at radius 3 is 2.81 bits per heavy atom. The molecule has 0 amide bonds. The van der Waals surface area contributed by atoms with Crippen LogP contribution in [0.3, 0.4) is 0 Å². The Balaban J connectivity index is 2.16. The van der Waals surface area contributed by atoms with Crippen LogP contribution < -0.4 is 4.74 Å². The topological polar surface area (TPSA) is 44.1 Å². The van der Waals surface area contributed by atoms with Crippen molar-refractivity contribution in [1.82, 2.24) is 9.78 Å². The van der Waals surface area contributed by atoms with Gasteiger partial charge in [0.25, 0.3) is 0 Å². The summed E-state index contributed by atoms with van der Waals surface area (Å²) in [5.74, 6) is 0.655. The Hall–Kier alpha value is -2.10. The van der Waals surface area contributed by atoms with Crippen LogP contribution in [0.4, 0.5) is 0 Å². The van der Waals surface area contributed by atoms with Gasteiger partial charge in [-0.05, 0) is 44.0 Å². The summed E-state index contributed by atoms with van der Waals surface area (Å²) >= 11 is 0. The highest BCUT2D eigenvalue weighted by atomic mass is 16.5. The summed E-state index contributed by atoms with van der Waals surface area (Å²) in [7, 11) is 1.59. The zero-order chi connectivity index (χ0) is 15.4. The van der Waals surface area contributed by atoms with Crippen molar-refractivity contribution in [3.63, 3.8) is 0 Å². The minimum Gasteiger partial charge on any atom is -0.496 e. The van der Waals surface area contributed by atoms with Crippen LogP contribution in [0.25, 0.3) is 0 Å². The molecule has 1 atom stereocenters. The smallest absolute Gasteiger partial charge is 0.172 e. The Morgan fingerprint density at radius 1 is 1.38 bits per heavy atom. The van der Waals surface area contributed by atoms with Gasteiger partial charge in [-0.3, -0.25) is 9.48 Å². The molecule has 1 unspecified atom stereocenters. The molecule has 1 aromatic heterocycles. The number of methoxy groups -OCH3 is 1. The van der Waals surface area contributed by atoms with Gasteiger partial charge < -0.3 is 4.74 Å². The molecule has 0 aliphatic carbocycles. The lowest BCUT2D eigenvalue weighted by Gasteiger charge is -2.09. The van der Waals surface area contributed by atoms with Crippen LogP contribution in [0.1, 0.15) is 47.9 Å². The van der Waals surface area contributed by atoms with Crippen molar-refractivity contribution in [2.24, 2.45) is 0 Å². The standard InChI is InChI=1S/C17H22N2O2/c1-5-13(3)19-9-8-14(18-19)11-16(20)15-7-6-12(2)10-17(15)21-4/h6-10,13H,5,11H2,1-4H3. The molecular formula is C17H22N2O2. The number of ketones is 1. The number of carbonyl (C=O) groups excluding carboxylic acids is 1. The third-order valence-electron chi connectivity index (χ3n) is 3.71. The Morgan fingerprint density at radius 2 is 2.14 bits per heavy atom.